The van der Waals surface area contributed by atoms with Gasteiger partial charge in [0.1, 0.15) is 46.3 Å². The smallest absolute Gasteiger partial charge is 0.194 e. The number of halogens is 10. The summed E-state index contributed by atoms with van der Waals surface area (Å²) in [7, 11) is 0. The summed E-state index contributed by atoms with van der Waals surface area (Å²) in [5.41, 5.74) is 5.05. The number of rotatable bonds is 17. The molecule has 2 atom stereocenters. The van der Waals surface area contributed by atoms with Gasteiger partial charge in [-0.3, -0.25) is 0 Å². The number of fused-ring (bicyclic) bond motifs is 6. The van der Waals surface area contributed by atoms with Crippen LogP contribution >= 0.6 is 0 Å². The minimum atomic E-state index is -1.96. The Kier molecular flexibility index (Phi) is 16.6. The Hall–Kier alpha value is -12.9. The monoisotopic (exact) mass is 1380 g/mol. The van der Waals surface area contributed by atoms with Crippen molar-refractivity contribution in [3.05, 3.63) is 418 Å². The van der Waals surface area contributed by atoms with Crippen molar-refractivity contribution in [3.8, 4) is 56.4 Å². The first-order valence-electron chi connectivity index (χ1n) is 33.0. The molecule has 0 N–H and O–H groups in total. The van der Waals surface area contributed by atoms with Crippen molar-refractivity contribution in [2.75, 3.05) is 9.80 Å². The Bertz CT molecular complexity index is 5340. The predicted octanol–water partition coefficient (Wildman–Crippen LogP) is 25.3. The Morgan fingerprint density at radius 3 is 0.904 bits per heavy atom. The SMILES string of the molecule is C=Cc1ccc(Oc2ccc(C3(c4c(F)cc(F)c(F)c4F)c4ccccc4-c4ccc(N(c5ccc(F)cc5)c5ccc(-c6ccc(N(c7ccc(F)cc7)c7ccc8c(c7)[C@](c7ccc(Oc9ccc(C=C)cc9)cc7)(c7c(F)cc(F)c(F)c7F)c7ccccc7-8)cc6)cc5)cc43)cc2)cc1. The van der Waals surface area contributed by atoms with E-state index in [4.69, 9.17) is 9.47 Å². The van der Waals surface area contributed by atoms with Gasteiger partial charge in [0.15, 0.2) is 34.9 Å². The predicted molar refractivity (Wildman–Crippen MR) is 389 cm³/mol. The van der Waals surface area contributed by atoms with E-state index in [0.717, 1.165) is 22.3 Å². The molecular weight excluding hydrogens is 1330 g/mol. The lowest BCUT2D eigenvalue weighted by molar-refractivity contribution is 0.416. The van der Waals surface area contributed by atoms with Gasteiger partial charge in [-0.15, -0.1) is 0 Å². The first-order chi connectivity index (χ1) is 50.5. The fraction of sp³-hybridized carbons (Fsp3) is 0.0222. The van der Waals surface area contributed by atoms with Crippen molar-refractivity contribution in [3.63, 3.8) is 0 Å². The normalized spacial score (nSPS) is 14.6. The molecule has 0 aliphatic heterocycles. The van der Waals surface area contributed by atoms with E-state index >= 15 is 35.1 Å². The van der Waals surface area contributed by atoms with Crippen molar-refractivity contribution in [2.24, 2.45) is 0 Å². The first-order valence-corrected chi connectivity index (χ1v) is 33.0. The molecular formula is C90H54F10N2O2. The molecule has 0 spiro atoms. The van der Waals surface area contributed by atoms with Crippen LogP contribution in [0, 0.1) is 58.2 Å². The van der Waals surface area contributed by atoms with Gasteiger partial charge in [0.05, 0.1) is 10.8 Å². The zero-order chi connectivity index (χ0) is 71.7. The van der Waals surface area contributed by atoms with Gasteiger partial charge in [-0.25, -0.2) is 43.9 Å². The highest BCUT2D eigenvalue weighted by Crippen LogP contribution is 2.61. The number of nitrogens with zero attached hydrogens (tertiary/aromatic N) is 2. The zero-order valence-electron chi connectivity index (χ0n) is 54.8. The summed E-state index contributed by atoms with van der Waals surface area (Å²) in [5.74, 6) is -12.5. The second-order valence-electron chi connectivity index (χ2n) is 25.3. The number of hydrogen-bond acceptors (Lipinski definition) is 4. The van der Waals surface area contributed by atoms with E-state index in [2.05, 4.69) is 13.2 Å². The summed E-state index contributed by atoms with van der Waals surface area (Å²) >= 11 is 0. The summed E-state index contributed by atoms with van der Waals surface area (Å²) in [5, 5.41) is 0. The van der Waals surface area contributed by atoms with E-state index in [-0.39, 0.29) is 0 Å². The van der Waals surface area contributed by atoms with Crippen LogP contribution in [0.2, 0.25) is 0 Å². The summed E-state index contributed by atoms with van der Waals surface area (Å²) in [4.78, 5) is 3.67. The molecule has 0 bridgehead atoms. The number of hydrogen-bond donors (Lipinski definition) is 0. The Morgan fingerprint density at radius 1 is 0.269 bits per heavy atom. The van der Waals surface area contributed by atoms with E-state index in [9.17, 15) is 8.78 Å². The fourth-order valence-electron chi connectivity index (χ4n) is 14.9. The molecule has 4 nitrogen and oxygen atoms in total. The number of anilines is 6. The van der Waals surface area contributed by atoms with Crippen molar-refractivity contribution >= 4 is 46.3 Å². The molecule has 0 radical (unpaired) electrons. The lowest BCUT2D eigenvalue weighted by Gasteiger charge is -2.35. The molecule has 0 amide bonds. The average Bonchev–Trinajstić information content (AvgIpc) is 1.51. The van der Waals surface area contributed by atoms with Crippen LogP contribution in [-0.4, -0.2) is 0 Å². The molecule has 14 aromatic carbocycles. The minimum Gasteiger partial charge on any atom is -0.457 e. The van der Waals surface area contributed by atoms with E-state index in [0.29, 0.717) is 125 Å². The third-order valence-electron chi connectivity index (χ3n) is 19.6. The van der Waals surface area contributed by atoms with Crippen molar-refractivity contribution in [2.45, 2.75) is 10.8 Å². The highest BCUT2D eigenvalue weighted by Gasteiger charge is 2.52. The van der Waals surface area contributed by atoms with Crippen molar-refractivity contribution in [1.82, 2.24) is 0 Å². The van der Waals surface area contributed by atoms with Crippen LogP contribution in [0.3, 0.4) is 0 Å². The van der Waals surface area contributed by atoms with Crippen LogP contribution in [0.15, 0.2) is 304 Å². The Balaban J connectivity index is 0.788. The third kappa shape index (κ3) is 11.0. The molecule has 0 saturated heterocycles. The summed E-state index contributed by atoms with van der Waals surface area (Å²) in [6.45, 7) is 7.62. The van der Waals surface area contributed by atoms with Crippen molar-refractivity contribution < 1.29 is 53.4 Å². The lowest BCUT2D eigenvalue weighted by Crippen LogP contribution is -2.32. The molecule has 0 aromatic heterocycles. The minimum absolute atomic E-state index is 0.299. The van der Waals surface area contributed by atoms with Crippen LogP contribution < -0.4 is 19.3 Å². The van der Waals surface area contributed by atoms with E-state index in [1.165, 1.54) is 24.3 Å². The van der Waals surface area contributed by atoms with Gasteiger partial charge in [0.2, 0.25) is 0 Å². The first kappa shape index (κ1) is 65.7. The van der Waals surface area contributed by atoms with Crippen LogP contribution in [0.1, 0.15) is 55.6 Å². The third-order valence-corrected chi connectivity index (χ3v) is 19.6. The Labute approximate surface area is 591 Å². The van der Waals surface area contributed by atoms with Gasteiger partial charge in [-0.2, -0.15) is 0 Å². The average molecular weight is 1390 g/mol. The molecule has 2 aliphatic carbocycles. The molecule has 14 aromatic rings. The molecule has 1 unspecified atom stereocenters. The molecule has 506 valence electrons. The lowest BCUT2D eigenvalue weighted by atomic mass is 9.67. The van der Waals surface area contributed by atoms with Crippen LogP contribution in [0.25, 0.3) is 45.5 Å². The number of ether oxygens (including phenoxy) is 2. The highest BCUT2D eigenvalue weighted by atomic mass is 19.2. The largest absolute Gasteiger partial charge is 0.457 e. The number of benzene rings is 14. The van der Waals surface area contributed by atoms with Crippen LogP contribution in [-0.2, 0) is 10.8 Å². The maximum Gasteiger partial charge on any atom is 0.194 e. The van der Waals surface area contributed by atoms with Gasteiger partial charge in [0.25, 0.3) is 0 Å². The summed E-state index contributed by atoms with van der Waals surface area (Å²) < 4.78 is 173. The topological polar surface area (TPSA) is 24.9 Å². The van der Waals surface area contributed by atoms with E-state index < -0.39 is 80.1 Å². The van der Waals surface area contributed by atoms with Gasteiger partial charge in [-0.1, -0.05) is 159 Å². The second-order valence-corrected chi connectivity index (χ2v) is 25.3. The molecule has 2 aliphatic rings. The van der Waals surface area contributed by atoms with Gasteiger partial charge >= 0.3 is 0 Å². The summed E-state index contributed by atoms with van der Waals surface area (Å²) in [6, 6.07) is 79.4. The zero-order valence-corrected chi connectivity index (χ0v) is 54.8. The molecule has 104 heavy (non-hydrogen) atoms. The van der Waals surface area contributed by atoms with Gasteiger partial charge in [0, 0.05) is 57.4 Å². The molecule has 0 fully saturated rings. The van der Waals surface area contributed by atoms with Crippen LogP contribution in [0.4, 0.5) is 78.0 Å². The quantitative estimate of drug-likeness (QED) is 0.0515. The standard InChI is InChI=1S/C90H54F10N2O2/c1-3-53-13-39-67(40-14-53)103-69-43-21-57(22-44-69)89(83-79(93)51-81(95)85(97)87(83)99)75-11-7-5-9-71(75)73-47-37-65(49-77(73)89)101(63-33-25-59(91)26-34-63)61-29-17-55(18-30-61)56-19-31-62(32-20-56)102(64-35-27-60(92)28-36-64)66-38-48-74-72-10-6-8-12-76(72)90(78(74)50-66,84-80(94)52-82(96)86(98)88(84)100)58-23-45-70(46-24-58)104-68-41-15-54(4-2)16-42-68/h3-52H,1-2H2/t89-,90?/m1/s1. The molecule has 0 heterocycles. The van der Waals surface area contributed by atoms with E-state index in [1.54, 1.807) is 182 Å². The van der Waals surface area contributed by atoms with Crippen LogP contribution in [0.5, 0.6) is 23.0 Å². The second kappa shape index (κ2) is 26.2. The van der Waals surface area contributed by atoms with Crippen molar-refractivity contribution in [1.29, 1.82) is 0 Å². The van der Waals surface area contributed by atoms with Gasteiger partial charge < -0.3 is 19.3 Å². The van der Waals surface area contributed by atoms with Gasteiger partial charge in [-0.05, 0) is 223 Å². The highest BCUT2D eigenvalue weighted by molar-refractivity contribution is 5.92. The molecule has 14 heteroatoms. The fourth-order valence-corrected chi connectivity index (χ4v) is 14.9. The molecule has 0 saturated carbocycles. The van der Waals surface area contributed by atoms with E-state index in [1.807, 2.05) is 94.7 Å². The Morgan fingerprint density at radius 2 is 0.567 bits per heavy atom. The summed E-state index contributed by atoms with van der Waals surface area (Å²) in [6.07, 6.45) is 3.39. The maximum atomic E-state index is 17.1. The maximum absolute atomic E-state index is 17.1. The molecule has 16 rings (SSSR count).